The Morgan fingerprint density at radius 1 is 1.57 bits per heavy atom. The first kappa shape index (κ1) is 9.97. The molecule has 2 aliphatic rings. The van der Waals surface area contributed by atoms with Gasteiger partial charge in [-0.1, -0.05) is 13.3 Å². The highest BCUT2D eigenvalue weighted by Crippen LogP contribution is 2.53. The zero-order chi connectivity index (χ0) is 10.3. The molecule has 2 saturated carbocycles. The summed E-state index contributed by atoms with van der Waals surface area (Å²) < 4.78 is 4.81. The summed E-state index contributed by atoms with van der Waals surface area (Å²) in [7, 11) is 1.43. The van der Waals surface area contributed by atoms with Gasteiger partial charge in [-0.15, -0.1) is 0 Å². The molecule has 14 heavy (non-hydrogen) atoms. The molecule has 0 amide bonds. The first-order valence-corrected chi connectivity index (χ1v) is 5.39. The number of carbonyl (C=O) groups is 1. The zero-order valence-electron chi connectivity index (χ0n) is 8.82. The number of rotatable bonds is 1. The molecule has 2 unspecified atom stereocenters. The van der Waals surface area contributed by atoms with Crippen LogP contribution in [0.1, 0.15) is 32.6 Å². The number of carbonyl (C=O) groups excluding carboxylic acids is 1. The molecule has 0 saturated heterocycles. The van der Waals surface area contributed by atoms with E-state index in [-0.39, 0.29) is 23.7 Å². The lowest BCUT2D eigenvalue weighted by Crippen LogP contribution is -2.32. The Balaban J connectivity index is 2.21. The summed E-state index contributed by atoms with van der Waals surface area (Å²) in [4.78, 5) is 11.6. The summed E-state index contributed by atoms with van der Waals surface area (Å²) in [5.74, 6) is 0.190. The molecule has 0 spiro atoms. The largest absolute Gasteiger partial charge is 0.469 e. The summed E-state index contributed by atoms with van der Waals surface area (Å²) in [5.41, 5.74) is -0.571. The summed E-state index contributed by atoms with van der Waals surface area (Å²) in [5, 5.41) is 10.3. The molecule has 1 N–H and O–H groups in total. The quantitative estimate of drug-likeness (QED) is 0.647. The van der Waals surface area contributed by atoms with Crippen molar-refractivity contribution in [3.05, 3.63) is 0 Å². The molecule has 2 fully saturated rings. The van der Waals surface area contributed by atoms with E-state index in [2.05, 4.69) is 0 Å². The van der Waals surface area contributed by atoms with E-state index in [0.717, 1.165) is 25.7 Å². The van der Waals surface area contributed by atoms with Gasteiger partial charge in [0.1, 0.15) is 0 Å². The lowest BCUT2D eigenvalue weighted by atomic mass is 9.87. The van der Waals surface area contributed by atoms with Gasteiger partial charge in [-0.3, -0.25) is 4.79 Å². The molecule has 0 heterocycles. The Bertz CT molecular complexity index is 251. The second-order valence-electron chi connectivity index (χ2n) is 4.83. The fourth-order valence-electron chi connectivity index (χ4n) is 3.46. The van der Waals surface area contributed by atoms with E-state index in [1.807, 2.05) is 6.92 Å². The van der Waals surface area contributed by atoms with Crippen LogP contribution in [0.3, 0.4) is 0 Å². The molecule has 0 aromatic carbocycles. The molecule has 0 bridgehead atoms. The van der Waals surface area contributed by atoms with E-state index < -0.39 is 5.60 Å². The highest BCUT2D eigenvalue weighted by atomic mass is 16.5. The van der Waals surface area contributed by atoms with E-state index in [1.54, 1.807) is 0 Å². The summed E-state index contributed by atoms with van der Waals surface area (Å²) in [6, 6.07) is 0. The van der Waals surface area contributed by atoms with Crippen molar-refractivity contribution in [3.63, 3.8) is 0 Å². The van der Waals surface area contributed by atoms with E-state index in [0.29, 0.717) is 0 Å². The Morgan fingerprint density at radius 2 is 2.29 bits per heavy atom. The van der Waals surface area contributed by atoms with Crippen LogP contribution in [0.5, 0.6) is 0 Å². The van der Waals surface area contributed by atoms with Crippen LogP contribution in [0.25, 0.3) is 0 Å². The Labute approximate surface area is 84.4 Å². The number of hydrogen-bond donors (Lipinski definition) is 1. The van der Waals surface area contributed by atoms with Gasteiger partial charge in [-0.2, -0.15) is 0 Å². The first-order chi connectivity index (χ1) is 6.58. The van der Waals surface area contributed by atoms with Crippen molar-refractivity contribution in [2.75, 3.05) is 7.11 Å². The highest BCUT2D eigenvalue weighted by Gasteiger charge is 2.56. The van der Waals surface area contributed by atoms with E-state index in [4.69, 9.17) is 4.74 Å². The third-order valence-corrected chi connectivity index (χ3v) is 4.01. The molecule has 0 aliphatic heterocycles. The normalized spacial score (nSPS) is 46.4. The van der Waals surface area contributed by atoms with Crippen molar-refractivity contribution in [3.8, 4) is 0 Å². The fraction of sp³-hybridized carbons (Fsp3) is 0.909. The minimum atomic E-state index is -0.571. The van der Waals surface area contributed by atoms with Crippen LogP contribution >= 0.6 is 0 Å². The number of esters is 1. The number of methoxy groups -OCH3 is 1. The van der Waals surface area contributed by atoms with Crippen LogP contribution in [0.2, 0.25) is 0 Å². The van der Waals surface area contributed by atoms with Gasteiger partial charge < -0.3 is 9.84 Å². The number of hydrogen-bond acceptors (Lipinski definition) is 3. The molecular weight excluding hydrogens is 180 g/mol. The van der Waals surface area contributed by atoms with Crippen LogP contribution in [0.15, 0.2) is 0 Å². The lowest BCUT2D eigenvalue weighted by Gasteiger charge is -2.24. The minimum absolute atomic E-state index is 0.0764. The van der Waals surface area contributed by atoms with Crippen molar-refractivity contribution < 1.29 is 14.6 Å². The standard InChI is InChI=1S/C11H18O3/c1-7-6-11(13)5-3-4-8(11)9(7)10(12)14-2/h7-9,13H,3-6H2,1-2H3/t7?,8-,9?,11-/m0/s1. The maximum atomic E-state index is 11.6. The zero-order valence-corrected chi connectivity index (χ0v) is 8.82. The van der Waals surface area contributed by atoms with Crippen molar-refractivity contribution >= 4 is 5.97 Å². The topological polar surface area (TPSA) is 46.5 Å². The maximum Gasteiger partial charge on any atom is 0.309 e. The molecule has 3 heteroatoms. The van der Waals surface area contributed by atoms with Crippen LogP contribution < -0.4 is 0 Å². The predicted octanol–water partition coefficient (Wildman–Crippen LogP) is 1.35. The van der Waals surface area contributed by atoms with E-state index in [1.165, 1.54) is 7.11 Å². The second kappa shape index (κ2) is 3.23. The molecule has 80 valence electrons. The van der Waals surface area contributed by atoms with Crippen LogP contribution in [0, 0.1) is 17.8 Å². The number of aliphatic hydroxyl groups is 1. The van der Waals surface area contributed by atoms with Gasteiger partial charge in [-0.05, 0) is 25.2 Å². The average molecular weight is 198 g/mol. The van der Waals surface area contributed by atoms with Crippen LogP contribution in [0.4, 0.5) is 0 Å². The Kier molecular flexibility index (Phi) is 2.30. The predicted molar refractivity (Wildman–Crippen MR) is 51.6 cm³/mol. The molecule has 3 nitrogen and oxygen atoms in total. The van der Waals surface area contributed by atoms with Gasteiger partial charge in [0.25, 0.3) is 0 Å². The Hall–Kier alpha value is -0.570. The summed E-state index contributed by atoms with van der Waals surface area (Å²) >= 11 is 0. The maximum absolute atomic E-state index is 11.6. The van der Waals surface area contributed by atoms with Gasteiger partial charge in [0, 0.05) is 5.92 Å². The molecule has 2 aliphatic carbocycles. The van der Waals surface area contributed by atoms with Crippen molar-refractivity contribution in [1.82, 2.24) is 0 Å². The van der Waals surface area contributed by atoms with Gasteiger partial charge >= 0.3 is 5.97 Å². The van der Waals surface area contributed by atoms with Gasteiger partial charge in [-0.25, -0.2) is 0 Å². The third-order valence-electron chi connectivity index (χ3n) is 4.01. The Morgan fingerprint density at radius 3 is 2.93 bits per heavy atom. The van der Waals surface area contributed by atoms with Crippen molar-refractivity contribution in [2.24, 2.45) is 17.8 Å². The van der Waals surface area contributed by atoms with Crippen LogP contribution in [-0.2, 0) is 9.53 Å². The molecule has 0 aromatic rings. The molecule has 4 atom stereocenters. The molecular formula is C11H18O3. The fourth-order valence-corrected chi connectivity index (χ4v) is 3.46. The monoisotopic (exact) mass is 198 g/mol. The lowest BCUT2D eigenvalue weighted by molar-refractivity contribution is -0.149. The molecule has 2 rings (SSSR count). The first-order valence-electron chi connectivity index (χ1n) is 5.39. The average Bonchev–Trinajstić information content (AvgIpc) is 2.57. The van der Waals surface area contributed by atoms with Crippen LogP contribution in [-0.4, -0.2) is 23.8 Å². The molecule has 0 radical (unpaired) electrons. The van der Waals surface area contributed by atoms with Gasteiger partial charge in [0.15, 0.2) is 0 Å². The van der Waals surface area contributed by atoms with Crippen molar-refractivity contribution in [2.45, 2.75) is 38.2 Å². The summed E-state index contributed by atoms with van der Waals surface area (Å²) in [6.07, 6.45) is 3.63. The molecule has 0 aromatic heterocycles. The second-order valence-corrected chi connectivity index (χ2v) is 4.83. The van der Waals surface area contributed by atoms with Crippen molar-refractivity contribution in [1.29, 1.82) is 0 Å². The van der Waals surface area contributed by atoms with E-state index in [9.17, 15) is 9.90 Å². The van der Waals surface area contributed by atoms with Gasteiger partial charge in [0.05, 0.1) is 18.6 Å². The number of fused-ring (bicyclic) bond motifs is 1. The van der Waals surface area contributed by atoms with Gasteiger partial charge in [0.2, 0.25) is 0 Å². The SMILES string of the molecule is COC(=O)C1C(C)C[C@@]2(O)CCC[C@@H]12. The number of ether oxygens (including phenoxy) is 1. The highest BCUT2D eigenvalue weighted by molar-refractivity contribution is 5.73. The smallest absolute Gasteiger partial charge is 0.309 e. The van der Waals surface area contributed by atoms with E-state index >= 15 is 0 Å². The summed E-state index contributed by atoms with van der Waals surface area (Å²) in [6.45, 7) is 2.04. The third kappa shape index (κ3) is 1.26. The minimum Gasteiger partial charge on any atom is -0.469 e.